The van der Waals surface area contributed by atoms with Crippen LogP contribution >= 0.6 is 11.6 Å². The third kappa shape index (κ3) is 3.98. The Morgan fingerprint density at radius 3 is 2.63 bits per heavy atom. The van der Waals surface area contributed by atoms with Crippen molar-refractivity contribution < 1.29 is 14.3 Å². The normalized spacial score (nSPS) is 13.3. The van der Waals surface area contributed by atoms with Crippen LogP contribution in [0.1, 0.15) is 31.1 Å². The van der Waals surface area contributed by atoms with E-state index in [0.717, 1.165) is 12.8 Å². The van der Waals surface area contributed by atoms with Crippen molar-refractivity contribution >= 4 is 34.1 Å². The summed E-state index contributed by atoms with van der Waals surface area (Å²) in [7, 11) is 3.00. The maximum Gasteiger partial charge on any atom is 0.261 e. The topological polar surface area (TPSA) is 82.5 Å². The quantitative estimate of drug-likeness (QED) is 0.616. The molecule has 1 aliphatic carbocycles. The molecule has 0 spiro atoms. The lowest BCUT2D eigenvalue weighted by atomic mass is 10.2. The number of rotatable bonds is 7. The smallest absolute Gasteiger partial charge is 0.261 e. The first-order valence-corrected chi connectivity index (χ1v) is 10.1. The minimum Gasteiger partial charge on any atom is -0.495 e. The maximum absolute atomic E-state index is 12.9. The Kier molecular flexibility index (Phi) is 5.63. The number of ether oxygens (including phenoxy) is 2. The van der Waals surface area contributed by atoms with Crippen LogP contribution in [0.3, 0.4) is 0 Å². The van der Waals surface area contributed by atoms with Gasteiger partial charge in [-0.05, 0) is 25.0 Å². The van der Waals surface area contributed by atoms with Crippen molar-refractivity contribution in [1.29, 1.82) is 0 Å². The van der Waals surface area contributed by atoms with Crippen molar-refractivity contribution in [1.82, 2.24) is 9.55 Å². The summed E-state index contributed by atoms with van der Waals surface area (Å²) in [6.45, 7) is 0. The number of fused-ring (bicyclic) bond motifs is 1. The third-order valence-corrected chi connectivity index (χ3v) is 5.41. The molecule has 1 heterocycles. The number of aromatic nitrogens is 2. The first kappa shape index (κ1) is 20.2. The number of benzene rings is 2. The molecule has 156 valence electrons. The largest absolute Gasteiger partial charge is 0.495 e. The highest BCUT2D eigenvalue weighted by Gasteiger charge is 2.28. The van der Waals surface area contributed by atoms with E-state index in [-0.39, 0.29) is 23.9 Å². The zero-order valence-corrected chi connectivity index (χ0v) is 17.5. The zero-order chi connectivity index (χ0) is 21.3. The van der Waals surface area contributed by atoms with Crippen LogP contribution in [0.2, 0.25) is 5.02 Å². The molecular formula is C22H22ClN3O4. The van der Waals surface area contributed by atoms with E-state index in [1.807, 2.05) is 18.2 Å². The number of nitrogens with zero attached hydrogens (tertiary/aromatic N) is 2. The summed E-state index contributed by atoms with van der Waals surface area (Å²) in [5.41, 5.74) is 1.08. The van der Waals surface area contributed by atoms with Gasteiger partial charge in [-0.2, -0.15) is 0 Å². The summed E-state index contributed by atoms with van der Waals surface area (Å²) in [4.78, 5) is 30.2. The monoisotopic (exact) mass is 427 g/mol. The van der Waals surface area contributed by atoms with Crippen LogP contribution in [0.5, 0.6) is 11.5 Å². The van der Waals surface area contributed by atoms with Crippen molar-refractivity contribution in [2.24, 2.45) is 0 Å². The number of hydrogen-bond donors (Lipinski definition) is 1. The first-order valence-electron chi connectivity index (χ1n) is 9.73. The summed E-state index contributed by atoms with van der Waals surface area (Å²) < 4.78 is 12.3. The average molecular weight is 428 g/mol. The standard InChI is InChI=1S/C22H22ClN3O4/c1-29-18-12-17(19(30-2)11-15(18)23)25-21(27)10-9-20-24-16-6-4-3-5-14(16)22(28)26(20)13-7-8-13/h3-6,11-13H,7-10H2,1-2H3,(H,25,27). The second-order valence-electron chi connectivity index (χ2n) is 7.19. The number of hydrogen-bond acceptors (Lipinski definition) is 5. The molecule has 1 fully saturated rings. The van der Waals surface area contributed by atoms with E-state index in [1.54, 1.807) is 22.8 Å². The van der Waals surface area contributed by atoms with Gasteiger partial charge in [0.2, 0.25) is 5.91 Å². The fourth-order valence-electron chi connectivity index (χ4n) is 3.47. The summed E-state index contributed by atoms with van der Waals surface area (Å²) in [5.74, 6) is 1.29. The van der Waals surface area contributed by atoms with Crippen LogP contribution in [0.4, 0.5) is 5.69 Å². The Hall–Kier alpha value is -3.06. The molecule has 4 rings (SSSR count). The zero-order valence-electron chi connectivity index (χ0n) is 16.8. The molecule has 8 heteroatoms. The lowest BCUT2D eigenvalue weighted by Gasteiger charge is -2.14. The Morgan fingerprint density at radius 2 is 1.93 bits per heavy atom. The number of carbonyl (C=O) groups is 1. The summed E-state index contributed by atoms with van der Waals surface area (Å²) >= 11 is 6.12. The van der Waals surface area contributed by atoms with Crippen molar-refractivity contribution in [2.75, 3.05) is 19.5 Å². The van der Waals surface area contributed by atoms with Crippen LogP contribution in [-0.4, -0.2) is 29.7 Å². The SMILES string of the molecule is COc1cc(NC(=O)CCc2nc3ccccc3c(=O)n2C2CC2)c(OC)cc1Cl. The third-order valence-electron chi connectivity index (χ3n) is 5.12. The molecule has 1 saturated carbocycles. The highest BCUT2D eigenvalue weighted by Crippen LogP contribution is 2.36. The number of carbonyl (C=O) groups excluding carboxylic acids is 1. The molecule has 0 radical (unpaired) electrons. The minimum atomic E-state index is -0.220. The van der Waals surface area contributed by atoms with Crippen molar-refractivity contribution in [3.05, 3.63) is 57.6 Å². The maximum atomic E-state index is 12.9. The second kappa shape index (κ2) is 8.36. The molecule has 1 aromatic heterocycles. The van der Waals surface area contributed by atoms with Crippen molar-refractivity contribution in [2.45, 2.75) is 31.7 Å². The number of nitrogens with one attached hydrogen (secondary N) is 1. The molecule has 7 nitrogen and oxygen atoms in total. The number of methoxy groups -OCH3 is 2. The molecule has 1 aliphatic rings. The van der Waals surface area contributed by atoms with E-state index in [9.17, 15) is 9.59 Å². The van der Waals surface area contributed by atoms with E-state index in [1.165, 1.54) is 14.2 Å². The number of anilines is 1. The molecule has 3 aromatic rings. The number of halogens is 1. The Labute approximate surface area is 178 Å². The molecule has 0 aliphatic heterocycles. The van der Waals surface area contributed by atoms with Gasteiger partial charge in [0, 0.05) is 31.0 Å². The molecule has 30 heavy (non-hydrogen) atoms. The van der Waals surface area contributed by atoms with Crippen molar-refractivity contribution in [3.63, 3.8) is 0 Å². The Balaban J connectivity index is 1.56. The van der Waals surface area contributed by atoms with E-state index in [4.69, 9.17) is 21.1 Å². The highest BCUT2D eigenvalue weighted by molar-refractivity contribution is 6.32. The van der Waals surface area contributed by atoms with Crippen LogP contribution in [0.25, 0.3) is 10.9 Å². The van der Waals surface area contributed by atoms with Crippen LogP contribution in [0.15, 0.2) is 41.2 Å². The minimum absolute atomic E-state index is 0.0392. The molecule has 1 N–H and O–H groups in total. The van der Waals surface area contributed by atoms with E-state index in [2.05, 4.69) is 10.3 Å². The molecule has 2 aromatic carbocycles. The van der Waals surface area contributed by atoms with Gasteiger partial charge < -0.3 is 14.8 Å². The molecule has 0 saturated heterocycles. The van der Waals surface area contributed by atoms with Gasteiger partial charge in [-0.15, -0.1) is 0 Å². The fourth-order valence-corrected chi connectivity index (χ4v) is 3.70. The average Bonchev–Trinajstić information content (AvgIpc) is 3.58. The fraction of sp³-hybridized carbons (Fsp3) is 0.318. The summed E-state index contributed by atoms with van der Waals surface area (Å²) in [6.07, 6.45) is 2.45. The number of amides is 1. The van der Waals surface area contributed by atoms with Gasteiger partial charge >= 0.3 is 0 Å². The van der Waals surface area contributed by atoms with Gasteiger partial charge in [0.15, 0.2) is 0 Å². The predicted molar refractivity (Wildman–Crippen MR) is 116 cm³/mol. The van der Waals surface area contributed by atoms with E-state index < -0.39 is 0 Å². The number of aryl methyl sites for hydroxylation is 1. The predicted octanol–water partition coefficient (Wildman–Crippen LogP) is 3.97. The lowest BCUT2D eigenvalue weighted by Crippen LogP contribution is -2.25. The molecule has 0 atom stereocenters. The molecule has 1 amide bonds. The lowest BCUT2D eigenvalue weighted by molar-refractivity contribution is -0.116. The van der Waals surface area contributed by atoms with Crippen LogP contribution in [-0.2, 0) is 11.2 Å². The first-order chi connectivity index (χ1) is 14.5. The van der Waals surface area contributed by atoms with Gasteiger partial charge in [0.05, 0.1) is 35.8 Å². The van der Waals surface area contributed by atoms with Gasteiger partial charge in [-0.3, -0.25) is 14.2 Å². The van der Waals surface area contributed by atoms with Gasteiger partial charge in [-0.1, -0.05) is 23.7 Å². The van der Waals surface area contributed by atoms with E-state index >= 15 is 0 Å². The molecular weight excluding hydrogens is 406 g/mol. The summed E-state index contributed by atoms with van der Waals surface area (Å²) in [5, 5.41) is 3.83. The molecule has 0 unspecified atom stereocenters. The van der Waals surface area contributed by atoms with E-state index in [0.29, 0.717) is 45.4 Å². The number of para-hydroxylation sites is 1. The van der Waals surface area contributed by atoms with Gasteiger partial charge in [0.1, 0.15) is 17.3 Å². The Bertz CT molecular complexity index is 1170. The Morgan fingerprint density at radius 1 is 1.20 bits per heavy atom. The van der Waals surface area contributed by atoms with Crippen LogP contribution in [0, 0.1) is 0 Å². The van der Waals surface area contributed by atoms with Gasteiger partial charge in [-0.25, -0.2) is 4.98 Å². The molecule has 0 bridgehead atoms. The second-order valence-corrected chi connectivity index (χ2v) is 7.59. The van der Waals surface area contributed by atoms with Gasteiger partial charge in [0.25, 0.3) is 5.56 Å². The highest BCUT2D eigenvalue weighted by atomic mass is 35.5. The summed E-state index contributed by atoms with van der Waals surface area (Å²) in [6, 6.07) is 10.7. The van der Waals surface area contributed by atoms with Crippen LogP contribution < -0.4 is 20.3 Å². The van der Waals surface area contributed by atoms with Crippen molar-refractivity contribution in [3.8, 4) is 11.5 Å².